The zero-order chi connectivity index (χ0) is 12.1. The van der Waals surface area contributed by atoms with Crippen LogP contribution in [0.1, 0.15) is 12.0 Å². The molecule has 0 atom stereocenters. The average Bonchev–Trinajstić information content (AvgIpc) is 2.82. The van der Waals surface area contributed by atoms with Crippen molar-refractivity contribution >= 4 is 6.08 Å². The summed E-state index contributed by atoms with van der Waals surface area (Å²) in [4.78, 5) is 0. The van der Waals surface area contributed by atoms with Gasteiger partial charge in [0.05, 0.1) is 0 Å². The summed E-state index contributed by atoms with van der Waals surface area (Å²) in [6, 6.07) is 4.74. The first-order valence-corrected chi connectivity index (χ1v) is 5.48. The van der Waals surface area contributed by atoms with Crippen molar-refractivity contribution in [2.45, 2.75) is 6.42 Å². The van der Waals surface area contributed by atoms with Gasteiger partial charge in [0.15, 0.2) is 11.5 Å². The summed E-state index contributed by atoms with van der Waals surface area (Å²) in [5.74, 6) is -0.196. The molecule has 0 bridgehead atoms. The first-order chi connectivity index (χ1) is 8.25. The molecule has 1 aliphatic rings. The van der Waals surface area contributed by atoms with Gasteiger partial charge < -0.3 is 10.2 Å². The predicted molar refractivity (Wildman–Crippen MR) is 69.8 cm³/mol. The van der Waals surface area contributed by atoms with Crippen molar-refractivity contribution in [2.24, 2.45) is 0 Å². The summed E-state index contributed by atoms with van der Waals surface area (Å²) in [6.07, 6.45) is 15.0. The summed E-state index contributed by atoms with van der Waals surface area (Å²) in [7, 11) is 0. The minimum Gasteiger partial charge on any atom is -0.504 e. The van der Waals surface area contributed by atoms with Crippen LogP contribution in [0, 0.1) is 0 Å². The highest BCUT2D eigenvalue weighted by atomic mass is 16.3. The Balaban J connectivity index is 1.98. The fourth-order valence-corrected chi connectivity index (χ4v) is 1.58. The Morgan fingerprint density at radius 1 is 1.00 bits per heavy atom. The Bertz CT molecular complexity index is 520. The number of phenolic OH excluding ortho intramolecular Hbond substituents is 2. The molecule has 0 aromatic heterocycles. The summed E-state index contributed by atoms with van der Waals surface area (Å²) in [6.45, 7) is 0. The Labute approximate surface area is 101 Å². The van der Waals surface area contributed by atoms with Crippen LogP contribution < -0.4 is 0 Å². The van der Waals surface area contributed by atoms with E-state index in [9.17, 15) is 5.11 Å². The van der Waals surface area contributed by atoms with Gasteiger partial charge in [0.25, 0.3) is 0 Å². The standard InChI is InChI=1S/C15H14O2/c16-14-10-9-13(11-15(14)17)8-4-3-7-12-5-1-2-6-12/h1-5,7-11,16-17H,6H2/b7-3+,8-4+. The maximum absolute atomic E-state index is 9.31. The molecule has 1 aromatic carbocycles. The van der Waals surface area contributed by atoms with E-state index < -0.39 is 0 Å². The van der Waals surface area contributed by atoms with E-state index in [-0.39, 0.29) is 11.5 Å². The zero-order valence-corrected chi connectivity index (χ0v) is 9.38. The van der Waals surface area contributed by atoms with Crippen molar-refractivity contribution in [2.75, 3.05) is 0 Å². The highest BCUT2D eigenvalue weighted by molar-refractivity contribution is 5.56. The van der Waals surface area contributed by atoms with Crippen LogP contribution in [0.3, 0.4) is 0 Å². The van der Waals surface area contributed by atoms with E-state index in [1.807, 2.05) is 24.3 Å². The molecule has 2 heteroatoms. The van der Waals surface area contributed by atoms with Gasteiger partial charge in [0, 0.05) is 0 Å². The van der Waals surface area contributed by atoms with Gasteiger partial charge in [-0.05, 0) is 29.7 Å². The van der Waals surface area contributed by atoms with E-state index >= 15 is 0 Å². The minimum absolute atomic E-state index is 0.0973. The van der Waals surface area contributed by atoms with Gasteiger partial charge in [-0.15, -0.1) is 0 Å². The number of aromatic hydroxyl groups is 2. The largest absolute Gasteiger partial charge is 0.504 e. The molecule has 2 nitrogen and oxygen atoms in total. The van der Waals surface area contributed by atoms with Crippen molar-refractivity contribution in [1.82, 2.24) is 0 Å². The molecule has 2 rings (SSSR count). The maximum atomic E-state index is 9.31. The first-order valence-electron chi connectivity index (χ1n) is 5.48. The van der Waals surface area contributed by atoms with Crippen LogP contribution in [0.4, 0.5) is 0 Å². The highest BCUT2D eigenvalue weighted by Crippen LogP contribution is 2.25. The lowest BCUT2D eigenvalue weighted by atomic mass is 10.1. The molecule has 0 heterocycles. The third-order valence-corrected chi connectivity index (χ3v) is 2.51. The number of benzene rings is 1. The SMILES string of the molecule is Oc1ccc(/C=C/C=C/C2=CC=CC2)cc1O. The molecule has 2 N–H and O–H groups in total. The van der Waals surface area contributed by atoms with Crippen molar-refractivity contribution in [3.63, 3.8) is 0 Å². The van der Waals surface area contributed by atoms with Crippen molar-refractivity contribution in [3.05, 3.63) is 65.8 Å². The monoisotopic (exact) mass is 226 g/mol. The van der Waals surface area contributed by atoms with Gasteiger partial charge in [-0.1, -0.05) is 48.6 Å². The lowest BCUT2D eigenvalue weighted by molar-refractivity contribution is 0.403. The number of hydrogen-bond donors (Lipinski definition) is 2. The number of allylic oxidation sites excluding steroid dienone is 7. The van der Waals surface area contributed by atoms with Crippen molar-refractivity contribution in [3.8, 4) is 11.5 Å². The topological polar surface area (TPSA) is 40.5 Å². The number of hydrogen-bond acceptors (Lipinski definition) is 2. The van der Waals surface area contributed by atoms with Gasteiger partial charge in [-0.25, -0.2) is 0 Å². The van der Waals surface area contributed by atoms with E-state index in [4.69, 9.17) is 5.11 Å². The lowest BCUT2D eigenvalue weighted by Gasteiger charge is -1.97. The number of phenols is 2. The molecule has 1 aliphatic carbocycles. The maximum Gasteiger partial charge on any atom is 0.157 e. The lowest BCUT2D eigenvalue weighted by Crippen LogP contribution is -1.72. The van der Waals surface area contributed by atoms with Crippen LogP contribution >= 0.6 is 0 Å². The van der Waals surface area contributed by atoms with Crippen LogP contribution in [0.2, 0.25) is 0 Å². The van der Waals surface area contributed by atoms with Crippen LogP contribution in [0.15, 0.2) is 60.2 Å². The Morgan fingerprint density at radius 2 is 1.82 bits per heavy atom. The fraction of sp³-hybridized carbons (Fsp3) is 0.0667. The molecule has 17 heavy (non-hydrogen) atoms. The Hall–Kier alpha value is -2.22. The van der Waals surface area contributed by atoms with E-state index in [0.29, 0.717) is 0 Å². The fourth-order valence-electron chi connectivity index (χ4n) is 1.58. The van der Waals surface area contributed by atoms with E-state index in [1.165, 1.54) is 17.7 Å². The molecule has 0 fully saturated rings. The summed E-state index contributed by atoms with van der Waals surface area (Å²) < 4.78 is 0. The van der Waals surface area contributed by atoms with Gasteiger partial charge in [0.2, 0.25) is 0 Å². The smallest absolute Gasteiger partial charge is 0.157 e. The molecule has 0 unspecified atom stereocenters. The summed E-state index contributed by atoms with van der Waals surface area (Å²) in [5.41, 5.74) is 2.13. The molecule has 86 valence electrons. The van der Waals surface area contributed by atoms with Gasteiger partial charge >= 0.3 is 0 Å². The van der Waals surface area contributed by atoms with Crippen molar-refractivity contribution < 1.29 is 10.2 Å². The van der Waals surface area contributed by atoms with E-state index in [0.717, 1.165) is 12.0 Å². The second kappa shape index (κ2) is 5.21. The third kappa shape index (κ3) is 3.11. The Kier molecular flexibility index (Phi) is 3.46. The molecule has 0 radical (unpaired) electrons. The second-order valence-electron chi connectivity index (χ2n) is 3.84. The minimum atomic E-state index is -0.0983. The van der Waals surface area contributed by atoms with Gasteiger partial charge in [-0.3, -0.25) is 0 Å². The van der Waals surface area contributed by atoms with Crippen LogP contribution in [0.25, 0.3) is 6.08 Å². The molecule has 0 spiro atoms. The molecule has 0 amide bonds. The average molecular weight is 226 g/mol. The Morgan fingerprint density at radius 3 is 2.53 bits per heavy atom. The summed E-state index contributed by atoms with van der Waals surface area (Å²) in [5, 5.41) is 18.5. The molecule has 0 aliphatic heterocycles. The molecule has 0 saturated heterocycles. The molecular formula is C15H14O2. The van der Waals surface area contributed by atoms with Crippen LogP contribution in [0.5, 0.6) is 11.5 Å². The summed E-state index contributed by atoms with van der Waals surface area (Å²) >= 11 is 0. The normalized spacial score (nSPS) is 14.9. The first kappa shape index (κ1) is 11.3. The van der Waals surface area contributed by atoms with E-state index in [1.54, 1.807) is 6.07 Å². The zero-order valence-electron chi connectivity index (χ0n) is 9.38. The predicted octanol–water partition coefficient (Wildman–Crippen LogP) is 3.55. The molecule has 1 aromatic rings. The van der Waals surface area contributed by atoms with Crippen molar-refractivity contribution in [1.29, 1.82) is 0 Å². The van der Waals surface area contributed by atoms with E-state index in [2.05, 4.69) is 18.2 Å². The number of rotatable bonds is 3. The van der Waals surface area contributed by atoms with Gasteiger partial charge in [-0.2, -0.15) is 0 Å². The second-order valence-corrected chi connectivity index (χ2v) is 3.84. The molecular weight excluding hydrogens is 212 g/mol. The quantitative estimate of drug-likeness (QED) is 0.611. The molecule has 0 saturated carbocycles. The van der Waals surface area contributed by atoms with Crippen LogP contribution in [-0.2, 0) is 0 Å². The van der Waals surface area contributed by atoms with Gasteiger partial charge in [0.1, 0.15) is 0 Å². The third-order valence-electron chi connectivity index (χ3n) is 2.51. The highest BCUT2D eigenvalue weighted by Gasteiger charge is 1.97. The van der Waals surface area contributed by atoms with Crippen LogP contribution in [-0.4, -0.2) is 10.2 Å².